The number of methoxy groups -OCH3 is 1. The number of aliphatic carboxylic acids is 1. The van der Waals surface area contributed by atoms with Crippen molar-refractivity contribution < 1.29 is 14.6 Å². The Morgan fingerprint density at radius 3 is 2.80 bits per heavy atom. The molecular formula is C10H14N2O3. The number of aromatic nitrogens is 1. The fourth-order valence-electron chi connectivity index (χ4n) is 1.01. The quantitative estimate of drug-likeness (QED) is 0.785. The molecule has 0 radical (unpaired) electrons. The summed E-state index contributed by atoms with van der Waals surface area (Å²) in [5, 5.41) is 11.8. The van der Waals surface area contributed by atoms with Gasteiger partial charge in [0, 0.05) is 18.0 Å². The summed E-state index contributed by atoms with van der Waals surface area (Å²) >= 11 is 0. The second-order valence-corrected chi connectivity index (χ2v) is 3.64. The molecule has 0 aliphatic heterocycles. The number of carboxylic acid groups (broad SMARTS) is 1. The Morgan fingerprint density at radius 1 is 1.60 bits per heavy atom. The molecule has 0 fully saturated rings. The van der Waals surface area contributed by atoms with Gasteiger partial charge in [-0.05, 0) is 19.9 Å². The number of carboxylic acids is 1. The second kappa shape index (κ2) is 4.16. The molecule has 1 aromatic rings. The lowest BCUT2D eigenvalue weighted by Gasteiger charge is -2.22. The van der Waals surface area contributed by atoms with E-state index in [2.05, 4.69) is 10.3 Å². The molecule has 0 aliphatic rings. The van der Waals surface area contributed by atoms with Crippen LogP contribution < -0.4 is 10.1 Å². The topological polar surface area (TPSA) is 71.5 Å². The average molecular weight is 210 g/mol. The molecule has 0 amide bonds. The van der Waals surface area contributed by atoms with Crippen molar-refractivity contribution in [1.82, 2.24) is 4.98 Å². The number of carbonyl (C=O) groups is 1. The van der Waals surface area contributed by atoms with Crippen molar-refractivity contribution in [2.75, 3.05) is 12.4 Å². The van der Waals surface area contributed by atoms with Crippen LogP contribution >= 0.6 is 0 Å². The van der Waals surface area contributed by atoms with Crippen LogP contribution in [0.15, 0.2) is 18.3 Å². The number of pyridine rings is 1. The minimum Gasteiger partial charge on any atom is -0.481 e. The average Bonchev–Trinajstić information content (AvgIpc) is 2.17. The van der Waals surface area contributed by atoms with Gasteiger partial charge in [0.25, 0.3) is 0 Å². The lowest BCUT2D eigenvalue weighted by Crippen LogP contribution is -2.39. The molecule has 5 nitrogen and oxygen atoms in total. The van der Waals surface area contributed by atoms with Gasteiger partial charge >= 0.3 is 5.97 Å². The van der Waals surface area contributed by atoms with Crippen molar-refractivity contribution in [1.29, 1.82) is 0 Å². The summed E-state index contributed by atoms with van der Waals surface area (Å²) in [5.74, 6) is -0.473. The summed E-state index contributed by atoms with van der Waals surface area (Å²) in [6.07, 6.45) is 1.55. The van der Waals surface area contributed by atoms with Crippen LogP contribution in [-0.4, -0.2) is 28.7 Å². The second-order valence-electron chi connectivity index (χ2n) is 3.64. The first-order valence-electron chi connectivity index (χ1n) is 4.47. The summed E-state index contributed by atoms with van der Waals surface area (Å²) < 4.78 is 4.93. The third kappa shape index (κ3) is 2.83. The molecule has 1 heterocycles. The molecule has 0 saturated heterocycles. The van der Waals surface area contributed by atoms with Crippen molar-refractivity contribution in [3.8, 4) is 5.88 Å². The van der Waals surface area contributed by atoms with E-state index in [4.69, 9.17) is 9.84 Å². The smallest absolute Gasteiger partial charge is 0.328 e. The van der Waals surface area contributed by atoms with E-state index in [1.54, 1.807) is 32.2 Å². The predicted molar refractivity (Wildman–Crippen MR) is 56.1 cm³/mol. The lowest BCUT2D eigenvalue weighted by atomic mass is 10.1. The van der Waals surface area contributed by atoms with Crippen LogP contribution in [-0.2, 0) is 4.79 Å². The van der Waals surface area contributed by atoms with Gasteiger partial charge in [-0.3, -0.25) is 0 Å². The van der Waals surface area contributed by atoms with E-state index in [0.717, 1.165) is 0 Å². The number of nitrogens with one attached hydrogen (secondary N) is 1. The van der Waals surface area contributed by atoms with E-state index < -0.39 is 11.5 Å². The maximum atomic E-state index is 10.9. The Kier molecular flexibility index (Phi) is 3.14. The van der Waals surface area contributed by atoms with Crippen LogP contribution in [0.2, 0.25) is 0 Å². The van der Waals surface area contributed by atoms with Gasteiger partial charge in [0.1, 0.15) is 5.54 Å². The molecule has 0 saturated carbocycles. The summed E-state index contributed by atoms with van der Waals surface area (Å²) in [5.41, 5.74) is -0.360. The van der Waals surface area contributed by atoms with Gasteiger partial charge < -0.3 is 15.2 Å². The molecule has 0 unspecified atom stereocenters. The fraction of sp³-hybridized carbons (Fsp3) is 0.400. The van der Waals surface area contributed by atoms with Crippen molar-refractivity contribution >= 4 is 11.7 Å². The molecule has 82 valence electrons. The molecule has 5 heteroatoms. The van der Waals surface area contributed by atoms with Gasteiger partial charge in [0.05, 0.1) is 7.11 Å². The molecule has 0 spiro atoms. The predicted octanol–water partition coefficient (Wildman–Crippen LogP) is 1.37. The zero-order valence-electron chi connectivity index (χ0n) is 8.94. The number of anilines is 1. The van der Waals surface area contributed by atoms with Crippen molar-refractivity contribution in [2.45, 2.75) is 19.4 Å². The van der Waals surface area contributed by atoms with Gasteiger partial charge in [-0.25, -0.2) is 9.78 Å². The third-order valence-electron chi connectivity index (χ3n) is 1.94. The normalized spacial score (nSPS) is 10.9. The highest BCUT2D eigenvalue weighted by Gasteiger charge is 2.26. The molecule has 0 atom stereocenters. The molecular weight excluding hydrogens is 196 g/mol. The van der Waals surface area contributed by atoms with Gasteiger partial charge in [-0.2, -0.15) is 0 Å². The Morgan fingerprint density at radius 2 is 2.27 bits per heavy atom. The number of rotatable bonds is 4. The zero-order chi connectivity index (χ0) is 11.5. The highest BCUT2D eigenvalue weighted by atomic mass is 16.5. The summed E-state index contributed by atoms with van der Waals surface area (Å²) in [4.78, 5) is 14.8. The van der Waals surface area contributed by atoms with Crippen LogP contribution in [0.4, 0.5) is 5.69 Å². The Hall–Kier alpha value is -1.78. The monoisotopic (exact) mass is 210 g/mol. The fourth-order valence-corrected chi connectivity index (χ4v) is 1.01. The number of nitrogens with zero attached hydrogens (tertiary/aromatic N) is 1. The number of hydrogen-bond acceptors (Lipinski definition) is 4. The van der Waals surface area contributed by atoms with Crippen molar-refractivity contribution in [3.05, 3.63) is 18.3 Å². The third-order valence-corrected chi connectivity index (χ3v) is 1.94. The van der Waals surface area contributed by atoms with Gasteiger partial charge in [0.2, 0.25) is 5.88 Å². The molecule has 2 N–H and O–H groups in total. The number of ether oxygens (including phenoxy) is 1. The van der Waals surface area contributed by atoms with Crippen LogP contribution in [0.1, 0.15) is 13.8 Å². The molecule has 0 aromatic carbocycles. The standard InChI is InChI=1S/C10H14N2O3/c1-10(2,9(13)14)12-7-4-5-11-8(6-7)15-3/h4-6H,1-3H3,(H,11,12)(H,13,14). The van der Waals surface area contributed by atoms with Crippen LogP contribution in [0.25, 0.3) is 0 Å². The van der Waals surface area contributed by atoms with Crippen LogP contribution in [0.5, 0.6) is 5.88 Å². The van der Waals surface area contributed by atoms with Crippen LogP contribution in [0, 0.1) is 0 Å². The van der Waals surface area contributed by atoms with Gasteiger partial charge in [-0.15, -0.1) is 0 Å². The molecule has 1 rings (SSSR count). The van der Waals surface area contributed by atoms with E-state index in [1.165, 1.54) is 7.11 Å². The maximum Gasteiger partial charge on any atom is 0.328 e. The van der Waals surface area contributed by atoms with E-state index in [9.17, 15) is 4.79 Å². The zero-order valence-corrected chi connectivity index (χ0v) is 8.94. The van der Waals surface area contributed by atoms with E-state index in [0.29, 0.717) is 11.6 Å². The van der Waals surface area contributed by atoms with E-state index >= 15 is 0 Å². The molecule has 0 bridgehead atoms. The summed E-state index contributed by atoms with van der Waals surface area (Å²) in [7, 11) is 1.51. The first-order valence-corrected chi connectivity index (χ1v) is 4.47. The van der Waals surface area contributed by atoms with Gasteiger partial charge in [-0.1, -0.05) is 0 Å². The lowest BCUT2D eigenvalue weighted by molar-refractivity contribution is -0.141. The molecule has 0 aliphatic carbocycles. The highest BCUT2D eigenvalue weighted by Crippen LogP contribution is 2.18. The SMILES string of the molecule is COc1cc(NC(C)(C)C(=O)O)ccn1. The minimum absolute atomic E-state index is 0.446. The summed E-state index contributed by atoms with van der Waals surface area (Å²) in [6, 6.07) is 3.33. The minimum atomic E-state index is -1.02. The molecule has 1 aromatic heterocycles. The first kappa shape index (κ1) is 11.3. The molecule has 15 heavy (non-hydrogen) atoms. The van der Waals surface area contributed by atoms with E-state index in [-0.39, 0.29) is 0 Å². The summed E-state index contributed by atoms with van der Waals surface area (Å²) in [6.45, 7) is 3.17. The van der Waals surface area contributed by atoms with Gasteiger partial charge in [0.15, 0.2) is 0 Å². The Bertz CT molecular complexity index is 363. The van der Waals surface area contributed by atoms with Crippen molar-refractivity contribution in [2.24, 2.45) is 0 Å². The largest absolute Gasteiger partial charge is 0.481 e. The Balaban J connectivity index is 2.85. The Labute approximate surface area is 88.1 Å². The first-order chi connectivity index (χ1) is 6.95. The van der Waals surface area contributed by atoms with Crippen LogP contribution in [0.3, 0.4) is 0 Å². The highest BCUT2D eigenvalue weighted by molar-refractivity contribution is 5.81. The van der Waals surface area contributed by atoms with E-state index in [1.807, 2.05) is 0 Å². The number of hydrogen-bond donors (Lipinski definition) is 2. The maximum absolute atomic E-state index is 10.9. The van der Waals surface area contributed by atoms with Crippen molar-refractivity contribution in [3.63, 3.8) is 0 Å².